The summed E-state index contributed by atoms with van der Waals surface area (Å²) in [7, 11) is 2.21. The first-order chi connectivity index (χ1) is 25.4. The topological polar surface area (TPSA) is 70.0 Å². The lowest BCUT2D eigenvalue weighted by molar-refractivity contribution is -0.606. The van der Waals surface area contributed by atoms with E-state index in [0.717, 1.165) is 44.3 Å². The van der Waals surface area contributed by atoms with E-state index in [-0.39, 0.29) is 0 Å². The van der Waals surface area contributed by atoms with Crippen LogP contribution in [0.4, 0.5) is 0 Å². The maximum atomic E-state index is 10.7. The number of halogens is 1. The van der Waals surface area contributed by atoms with Crippen molar-refractivity contribution < 1.29 is 9.46 Å². The molecule has 0 radical (unpaired) electrons. The summed E-state index contributed by atoms with van der Waals surface area (Å²) >= 11 is 5.61. The van der Waals surface area contributed by atoms with Crippen molar-refractivity contribution in [1.82, 2.24) is 9.88 Å². The van der Waals surface area contributed by atoms with Gasteiger partial charge in [0, 0.05) is 36.0 Å². The Hall–Kier alpha value is -3.48. The maximum absolute atomic E-state index is 10.7. The van der Waals surface area contributed by atoms with Gasteiger partial charge in [-0.15, -0.1) is 0 Å². The maximum Gasteiger partial charge on any atom is 0.183 e. The van der Waals surface area contributed by atoms with Crippen molar-refractivity contribution in [2.24, 2.45) is 23.7 Å². The van der Waals surface area contributed by atoms with Crippen LogP contribution in [0.25, 0.3) is 0 Å². The molecule has 1 aromatic carbocycles. The van der Waals surface area contributed by atoms with Gasteiger partial charge in [-0.05, 0) is 97.2 Å². The molecule has 4 aromatic rings. The highest BCUT2D eigenvalue weighted by atomic mass is 35.5. The fourth-order valence-corrected chi connectivity index (χ4v) is 5.07. The van der Waals surface area contributed by atoms with Crippen LogP contribution in [0.15, 0.2) is 97.7 Å². The molecule has 0 spiro atoms. The van der Waals surface area contributed by atoms with Crippen LogP contribution in [0.2, 0.25) is 5.15 Å². The molecule has 54 heavy (non-hydrogen) atoms. The Labute approximate surface area is 336 Å². The number of aromatic nitrogens is 3. The smallest absolute Gasteiger partial charge is 0.183 e. The summed E-state index contributed by atoms with van der Waals surface area (Å²) in [5, 5.41) is 22.0. The molecule has 302 valence electrons. The summed E-state index contributed by atoms with van der Waals surface area (Å²) < 4.78 is 1.66. The second-order valence-electron chi connectivity index (χ2n) is 16.3. The summed E-state index contributed by atoms with van der Waals surface area (Å²) in [5.74, 6) is 4.90. The lowest BCUT2D eigenvalue weighted by Gasteiger charge is -2.13. The van der Waals surface area contributed by atoms with Crippen LogP contribution < -0.4 is 9.46 Å². The fraction of sp³-hybridized carbons (Fsp3) is 0.553. The van der Waals surface area contributed by atoms with Crippen LogP contribution in [0.1, 0.15) is 143 Å². The second kappa shape index (κ2) is 28.9. The molecular formula is C47H75ClN4O2. The molecule has 5 rings (SSSR count). The van der Waals surface area contributed by atoms with Gasteiger partial charge < -0.3 is 15.3 Å². The van der Waals surface area contributed by atoms with Crippen LogP contribution in [0.3, 0.4) is 0 Å². The van der Waals surface area contributed by atoms with Crippen molar-refractivity contribution in [3.8, 4) is 0 Å². The molecule has 0 N–H and O–H groups in total. The average molecular weight is 764 g/mol. The molecule has 1 atom stereocenters. The first-order valence-electron chi connectivity index (χ1n) is 20.1. The number of pyridine rings is 3. The molecule has 3 aromatic heterocycles. The molecule has 0 bridgehead atoms. The minimum atomic E-state index is 0.432. The van der Waals surface area contributed by atoms with Gasteiger partial charge in [0.1, 0.15) is 5.15 Å². The largest absolute Gasteiger partial charge is 0.619 e. The van der Waals surface area contributed by atoms with E-state index in [1.807, 2.05) is 30.5 Å². The molecule has 1 unspecified atom stereocenters. The lowest BCUT2D eigenvalue weighted by Crippen LogP contribution is -2.24. The third kappa shape index (κ3) is 25.5. The first-order valence-corrected chi connectivity index (χ1v) is 20.4. The first kappa shape index (κ1) is 50.5. The molecular weight excluding hydrogens is 688 g/mol. The summed E-state index contributed by atoms with van der Waals surface area (Å²) in [5.41, 5.74) is 4.83. The van der Waals surface area contributed by atoms with Crippen molar-refractivity contribution in [2.45, 2.75) is 127 Å². The van der Waals surface area contributed by atoms with Crippen molar-refractivity contribution in [1.29, 1.82) is 0 Å². The van der Waals surface area contributed by atoms with Crippen LogP contribution in [0.5, 0.6) is 0 Å². The van der Waals surface area contributed by atoms with E-state index in [1.165, 1.54) is 55.9 Å². The van der Waals surface area contributed by atoms with Crippen molar-refractivity contribution in [3.63, 3.8) is 0 Å². The van der Waals surface area contributed by atoms with Gasteiger partial charge in [0.15, 0.2) is 24.8 Å². The van der Waals surface area contributed by atoms with E-state index in [9.17, 15) is 10.4 Å². The molecule has 1 aliphatic rings. The minimum Gasteiger partial charge on any atom is -0.619 e. The van der Waals surface area contributed by atoms with E-state index in [2.05, 4.69) is 137 Å². The van der Waals surface area contributed by atoms with Crippen molar-refractivity contribution >= 4 is 11.6 Å². The molecule has 0 amide bonds. The summed E-state index contributed by atoms with van der Waals surface area (Å²) in [6, 6.07) is 21.9. The van der Waals surface area contributed by atoms with E-state index >= 15 is 0 Å². The van der Waals surface area contributed by atoms with Gasteiger partial charge >= 0.3 is 0 Å². The third-order valence-corrected chi connectivity index (χ3v) is 9.24. The van der Waals surface area contributed by atoms with E-state index in [0.29, 0.717) is 22.9 Å². The standard InChI is InChI=1S/C10H14.C8H10ClN.2C8H11NO.C8H17N.C5H12/c1-9(2)8-10-6-4-3-5-7-10;1-6(2)7-3-4-8(9)10-5-7;2*1-7(2)8-4-3-5-9(10)6-8;1-7(2)8-4-5-9(3)6-8;1-4-5(2)3/h3-7,9H,8H2,1-2H3;3-6H,1-2H3;2*3-7H,1-2H3;7-8H,4-6H2,1-3H3;5H,4H2,1-3H3. The highest BCUT2D eigenvalue weighted by Gasteiger charge is 2.21. The average Bonchev–Trinajstić information content (AvgIpc) is 3.57. The summed E-state index contributed by atoms with van der Waals surface area (Å²) in [6.07, 6.45) is 11.9. The van der Waals surface area contributed by atoms with Gasteiger partial charge in [0.2, 0.25) is 0 Å². The predicted octanol–water partition coefficient (Wildman–Crippen LogP) is 12.3. The van der Waals surface area contributed by atoms with Crippen LogP contribution in [-0.4, -0.2) is 30.0 Å². The molecule has 6 nitrogen and oxygen atoms in total. The highest BCUT2D eigenvalue weighted by molar-refractivity contribution is 6.29. The zero-order chi connectivity index (χ0) is 41.2. The Morgan fingerprint density at radius 3 is 1.44 bits per heavy atom. The number of benzene rings is 1. The van der Waals surface area contributed by atoms with Gasteiger partial charge in [-0.25, -0.2) is 4.98 Å². The fourth-order valence-electron chi connectivity index (χ4n) is 4.95. The summed E-state index contributed by atoms with van der Waals surface area (Å²) in [6.45, 7) is 30.9. The van der Waals surface area contributed by atoms with Crippen molar-refractivity contribution in [3.05, 3.63) is 136 Å². The Morgan fingerprint density at radius 2 is 1.17 bits per heavy atom. The number of likely N-dealkylation sites (tertiary alicyclic amines) is 1. The molecule has 7 heteroatoms. The van der Waals surface area contributed by atoms with Gasteiger partial charge in [-0.3, -0.25) is 0 Å². The summed E-state index contributed by atoms with van der Waals surface area (Å²) in [4.78, 5) is 6.39. The normalized spacial score (nSPS) is 13.5. The highest BCUT2D eigenvalue weighted by Crippen LogP contribution is 2.21. The Bertz CT molecular complexity index is 1430. The SMILES string of the molecule is CC(C)C1CCN(C)C1.CC(C)Cc1ccccc1.CC(C)c1ccc(Cl)nc1.CC(C)c1ccc[n+]([O-])c1.CC(C)c1ccc[n+]([O-])c1.CCC(C)C. The Morgan fingerprint density at radius 1 is 0.685 bits per heavy atom. The van der Waals surface area contributed by atoms with Crippen molar-refractivity contribution in [2.75, 3.05) is 20.1 Å². The predicted molar refractivity (Wildman–Crippen MR) is 233 cm³/mol. The Kier molecular flexibility index (Phi) is 27.0. The lowest BCUT2D eigenvalue weighted by atomic mass is 9.95. The number of nitrogens with zero attached hydrogens (tertiary/aromatic N) is 4. The zero-order valence-electron chi connectivity index (χ0n) is 36.3. The van der Waals surface area contributed by atoms with E-state index in [4.69, 9.17) is 11.6 Å². The molecule has 4 heterocycles. The Balaban J connectivity index is 0.000000631. The van der Waals surface area contributed by atoms with Gasteiger partial charge in [0.25, 0.3) is 0 Å². The molecule has 1 fully saturated rings. The second-order valence-corrected chi connectivity index (χ2v) is 16.7. The van der Waals surface area contributed by atoms with Crippen LogP contribution in [-0.2, 0) is 6.42 Å². The van der Waals surface area contributed by atoms with Gasteiger partial charge in [-0.1, -0.05) is 144 Å². The van der Waals surface area contributed by atoms with E-state index < -0.39 is 0 Å². The molecule has 0 saturated carbocycles. The third-order valence-electron chi connectivity index (χ3n) is 9.02. The molecule has 0 aliphatic carbocycles. The number of hydrogen-bond acceptors (Lipinski definition) is 4. The van der Waals surface area contributed by atoms with Gasteiger partial charge in [-0.2, -0.15) is 9.46 Å². The zero-order valence-corrected chi connectivity index (χ0v) is 37.1. The number of rotatable bonds is 7. The quantitative estimate of drug-likeness (QED) is 0.107. The number of hydrogen-bond donors (Lipinski definition) is 0. The minimum absolute atomic E-state index is 0.432. The van der Waals surface area contributed by atoms with Crippen LogP contribution in [0, 0.1) is 34.1 Å². The van der Waals surface area contributed by atoms with Gasteiger partial charge in [0.05, 0.1) is 0 Å². The van der Waals surface area contributed by atoms with E-state index in [1.54, 1.807) is 24.5 Å². The van der Waals surface area contributed by atoms with Crippen LogP contribution >= 0.6 is 11.6 Å². The molecule has 1 saturated heterocycles. The molecule has 1 aliphatic heterocycles. The monoisotopic (exact) mass is 763 g/mol.